The van der Waals surface area contributed by atoms with E-state index in [9.17, 15) is 4.79 Å². The second-order valence-corrected chi connectivity index (χ2v) is 3.63. The number of hydrogen-bond acceptors (Lipinski definition) is 3. The average molecular weight is 201 g/mol. The van der Waals surface area contributed by atoms with Gasteiger partial charge < -0.3 is 0 Å². The van der Waals surface area contributed by atoms with E-state index in [4.69, 9.17) is 0 Å². The Bertz CT molecular complexity index is 521. The van der Waals surface area contributed by atoms with Crippen LogP contribution >= 0.6 is 11.3 Å². The van der Waals surface area contributed by atoms with Gasteiger partial charge in [0.05, 0.1) is 0 Å². The van der Waals surface area contributed by atoms with Crippen molar-refractivity contribution in [1.29, 1.82) is 0 Å². The Morgan fingerprint density at radius 2 is 2.21 bits per heavy atom. The van der Waals surface area contributed by atoms with Crippen LogP contribution in [0.15, 0.2) is 40.8 Å². The molecule has 0 spiro atoms. The minimum Gasteiger partial charge on any atom is -0.211 e. The number of fused-ring (bicyclic) bond motifs is 1. The SMILES string of the molecule is O=C=NC=Cc1csc2ccccc12. The second-order valence-electron chi connectivity index (χ2n) is 2.72. The molecule has 2 rings (SSSR count). The van der Waals surface area contributed by atoms with Crippen molar-refractivity contribution >= 4 is 33.6 Å². The molecular formula is C11H7NOS. The zero-order valence-electron chi connectivity index (χ0n) is 7.31. The molecular weight excluding hydrogens is 194 g/mol. The molecule has 2 nitrogen and oxygen atoms in total. The first kappa shape index (κ1) is 8.88. The van der Waals surface area contributed by atoms with E-state index in [0.717, 1.165) is 5.56 Å². The molecule has 14 heavy (non-hydrogen) atoms. The number of benzene rings is 1. The Labute approximate surface area is 85.2 Å². The maximum Gasteiger partial charge on any atom is 0.239 e. The highest BCUT2D eigenvalue weighted by Gasteiger charge is 1.98. The van der Waals surface area contributed by atoms with E-state index >= 15 is 0 Å². The molecule has 0 aliphatic heterocycles. The fourth-order valence-electron chi connectivity index (χ4n) is 1.28. The molecule has 0 N–H and O–H groups in total. The number of isocyanates is 1. The minimum absolute atomic E-state index is 1.09. The third kappa shape index (κ3) is 1.64. The quantitative estimate of drug-likeness (QED) is 0.542. The zero-order valence-corrected chi connectivity index (χ0v) is 8.12. The molecule has 0 unspecified atom stereocenters. The van der Waals surface area contributed by atoms with Gasteiger partial charge in [0, 0.05) is 10.9 Å². The lowest BCUT2D eigenvalue weighted by molar-refractivity contribution is 0.565. The first-order valence-electron chi connectivity index (χ1n) is 4.11. The predicted octanol–water partition coefficient (Wildman–Crippen LogP) is 3.21. The first-order chi connectivity index (χ1) is 6.92. The molecule has 0 atom stereocenters. The van der Waals surface area contributed by atoms with Crippen molar-refractivity contribution < 1.29 is 4.79 Å². The summed E-state index contributed by atoms with van der Waals surface area (Å²) in [4.78, 5) is 13.2. The summed E-state index contributed by atoms with van der Waals surface area (Å²) in [6.07, 6.45) is 4.74. The van der Waals surface area contributed by atoms with Crippen molar-refractivity contribution in [3.63, 3.8) is 0 Å². The van der Waals surface area contributed by atoms with E-state index in [1.165, 1.54) is 22.4 Å². The van der Waals surface area contributed by atoms with Gasteiger partial charge in [0.15, 0.2) is 0 Å². The van der Waals surface area contributed by atoms with Crippen molar-refractivity contribution in [2.75, 3.05) is 0 Å². The van der Waals surface area contributed by atoms with Crippen LogP contribution in [0.4, 0.5) is 0 Å². The molecule has 68 valence electrons. The van der Waals surface area contributed by atoms with Crippen molar-refractivity contribution in [2.45, 2.75) is 0 Å². The van der Waals surface area contributed by atoms with Gasteiger partial charge in [0.25, 0.3) is 0 Å². The monoisotopic (exact) mass is 201 g/mol. The van der Waals surface area contributed by atoms with Crippen LogP contribution in [0, 0.1) is 0 Å². The van der Waals surface area contributed by atoms with Crippen LogP contribution in [0.25, 0.3) is 16.2 Å². The molecule has 0 saturated heterocycles. The Morgan fingerprint density at radius 1 is 1.36 bits per heavy atom. The average Bonchev–Trinajstić information content (AvgIpc) is 2.63. The summed E-state index contributed by atoms with van der Waals surface area (Å²) in [7, 11) is 0. The van der Waals surface area contributed by atoms with Crippen molar-refractivity contribution in [1.82, 2.24) is 0 Å². The second kappa shape index (κ2) is 4.01. The van der Waals surface area contributed by atoms with Crippen LogP contribution in [0.5, 0.6) is 0 Å². The molecule has 1 aromatic carbocycles. The highest BCUT2D eigenvalue weighted by Crippen LogP contribution is 2.26. The van der Waals surface area contributed by atoms with Crippen LogP contribution in [0.3, 0.4) is 0 Å². The normalized spacial score (nSPS) is 10.6. The summed E-state index contributed by atoms with van der Waals surface area (Å²) in [6, 6.07) is 8.13. The van der Waals surface area contributed by atoms with Gasteiger partial charge in [0.1, 0.15) is 0 Å². The van der Waals surface area contributed by atoms with Crippen LogP contribution < -0.4 is 0 Å². The molecule has 0 aliphatic rings. The lowest BCUT2D eigenvalue weighted by Gasteiger charge is -1.88. The van der Waals surface area contributed by atoms with Crippen molar-refractivity contribution in [3.05, 3.63) is 41.4 Å². The van der Waals surface area contributed by atoms with E-state index in [-0.39, 0.29) is 0 Å². The molecule has 0 aliphatic carbocycles. The van der Waals surface area contributed by atoms with Gasteiger partial charge >= 0.3 is 0 Å². The van der Waals surface area contributed by atoms with Gasteiger partial charge in [-0.3, -0.25) is 0 Å². The molecule has 3 heteroatoms. The Balaban J connectivity index is 2.48. The molecule has 0 amide bonds. The van der Waals surface area contributed by atoms with Gasteiger partial charge in [-0.25, -0.2) is 4.79 Å². The fraction of sp³-hybridized carbons (Fsp3) is 0. The molecule has 0 radical (unpaired) electrons. The van der Waals surface area contributed by atoms with Crippen LogP contribution in [-0.4, -0.2) is 6.08 Å². The fourth-order valence-corrected chi connectivity index (χ4v) is 2.20. The first-order valence-corrected chi connectivity index (χ1v) is 4.99. The summed E-state index contributed by atoms with van der Waals surface area (Å²) < 4.78 is 1.24. The largest absolute Gasteiger partial charge is 0.239 e. The molecule has 0 saturated carbocycles. The lowest BCUT2D eigenvalue weighted by Crippen LogP contribution is -1.66. The Hall–Kier alpha value is -1.70. The van der Waals surface area contributed by atoms with Crippen LogP contribution in [-0.2, 0) is 4.79 Å². The van der Waals surface area contributed by atoms with E-state index in [1.54, 1.807) is 11.3 Å². The minimum atomic E-state index is 1.09. The van der Waals surface area contributed by atoms with Gasteiger partial charge in [-0.2, -0.15) is 4.99 Å². The zero-order chi connectivity index (χ0) is 9.80. The number of rotatable bonds is 2. The van der Waals surface area contributed by atoms with E-state index in [0.29, 0.717) is 0 Å². The summed E-state index contributed by atoms with van der Waals surface area (Å²) >= 11 is 1.68. The van der Waals surface area contributed by atoms with Crippen molar-refractivity contribution in [2.24, 2.45) is 4.99 Å². The summed E-state index contributed by atoms with van der Waals surface area (Å²) in [5.74, 6) is 0. The summed E-state index contributed by atoms with van der Waals surface area (Å²) in [5.41, 5.74) is 1.09. The number of thiophene rings is 1. The number of hydrogen-bond donors (Lipinski definition) is 0. The maximum atomic E-state index is 9.86. The predicted molar refractivity (Wildman–Crippen MR) is 59.0 cm³/mol. The topological polar surface area (TPSA) is 29.4 Å². The lowest BCUT2D eigenvalue weighted by atomic mass is 10.2. The van der Waals surface area contributed by atoms with Gasteiger partial charge in [0.2, 0.25) is 6.08 Å². The van der Waals surface area contributed by atoms with Gasteiger partial charge in [-0.15, -0.1) is 11.3 Å². The molecule has 0 fully saturated rings. The molecule has 0 bridgehead atoms. The van der Waals surface area contributed by atoms with E-state index in [2.05, 4.69) is 17.1 Å². The highest BCUT2D eigenvalue weighted by molar-refractivity contribution is 7.17. The number of nitrogens with zero attached hydrogens (tertiary/aromatic N) is 1. The molecule has 1 aromatic heterocycles. The van der Waals surface area contributed by atoms with Crippen LogP contribution in [0.2, 0.25) is 0 Å². The van der Waals surface area contributed by atoms with Crippen LogP contribution in [0.1, 0.15) is 5.56 Å². The van der Waals surface area contributed by atoms with Gasteiger partial charge in [-0.1, -0.05) is 18.2 Å². The Morgan fingerprint density at radius 3 is 3.07 bits per heavy atom. The maximum absolute atomic E-state index is 9.86. The summed E-state index contributed by atoms with van der Waals surface area (Å²) in [6.45, 7) is 0. The molecule has 2 aromatic rings. The van der Waals surface area contributed by atoms with E-state index < -0.39 is 0 Å². The van der Waals surface area contributed by atoms with Gasteiger partial charge in [-0.05, 0) is 28.5 Å². The van der Waals surface area contributed by atoms with Crippen molar-refractivity contribution in [3.8, 4) is 0 Å². The third-order valence-electron chi connectivity index (χ3n) is 1.89. The molecule has 1 heterocycles. The third-order valence-corrected chi connectivity index (χ3v) is 2.87. The van der Waals surface area contributed by atoms with E-state index in [1.807, 2.05) is 23.6 Å². The number of aliphatic imine (C=N–C) groups is 1. The summed E-state index contributed by atoms with van der Waals surface area (Å²) in [5, 5.41) is 3.23. The standard InChI is InChI=1S/C11H7NOS/c13-8-12-6-5-9-7-14-11-4-2-1-3-10(9)11/h1-7H. The Kier molecular flexibility index (Phi) is 2.54. The highest BCUT2D eigenvalue weighted by atomic mass is 32.1. The number of carbonyl (C=O) groups excluding carboxylic acids is 1. The smallest absolute Gasteiger partial charge is 0.211 e.